The molecule has 1 unspecified atom stereocenters. The van der Waals surface area contributed by atoms with Crippen LogP contribution < -0.4 is 15.0 Å². The molecule has 0 heterocycles. The van der Waals surface area contributed by atoms with Crippen LogP contribution >= 0.6 is 11.6 Å². The van der Waals surface area contributed by atoms with Crippen molar-refractivity contribution >= 4 is 35.4 Å². The number of rotatable bonds is 8. The van der Waals surface area contributed by atoms with E-state index in [0.717, 1.165) is 5.56 Å². The number of carbonyl (C=O) groups is 3. The molecule has 136 valence electrons. The quantitative estimate of drug-likeness (QED) is 0.569. The first kappa shape index (κ1) is 19.5. The van der Waals surface area contributed by atoms with Gasteiger partial charge in [0.05, 0.1) is 12.8 Å². The van der Waals surface area contributed by atoms with Gasteiger partial charge in [0, 0.05) is 11.6 Å². The lowest BCUT2D eigenvalue weighted by atomic mass is 10.1. The summed E-state index contributed by atoms with van der Waals surface area (Å²) in [6.45, 7) is 1.65. The largest absolute Gasteiger partial charge is 0.495 e. The monoisotopic (exact) mass is 374 g/mol. The number of hydrogen-bond donors (Lipinski definition) is 1. The van der Waals surface area contributed by atoms with E-state index in [1.165, 1.54) is 18.9 Å². The Bertz CT molecular complexity index is 810. The highest BCUT2D eigenvalue weighted by molar-refractivity contribution is 6.39. The Morgan fingerprint density at radius 2 is 1.96 bits per heavy atom. The molecule has 0 saturated heterocycles. The van der Waals surface area contributed by atoms with Crippen LogP contribution in [-0.2, 0) is 20.9 Å². The molecular weight excluding hydrogens is 356 g/mol. The van der Waals surface area contributed by atoms with Gasteiger partial charge in [0.25, 0.3) is 5.91 Å². The minimum atomic E-state index is -0.983. The minimum absolute atomic E-state index is 0.160. The van der Waals surface area contributed by atoms with Crippen molar-refractivity contribution in [2.75, 3.05) is 12.0 Å². The van der Waals surface area contributed by atoms with Crippen LogP contribution in [0.3, 0.4) is 0 Å². The normalized spacial score (nSPS) is 11.3. The van der Waals surface area contributed by atoms with Crippen LogP contribution in [0.15, 0.2) is 48.5 Å². The van der Waals surface area contributed by atoms with Gasteiger partial charge in [-0.3, -0.25) is 14.4 Å². The lowest BCUT2D eigenvalue weighted by molar-refractivity contribution is -0.138. The van der Waals surface area contributed by atoms with E-state index in [-0.39, 0.29) is 6.54 Å². The summed E-state index contributed by atoms with van der Waals surface area (Å²) in [6.07, 6.45) is 0.505. The minimum Gasteiger partial charge on any atom is -0.495 e. The molecule has 1 N–H and O–H groups in total. The second-order valence-corrected chi connectivity index (χ2v) is 5.97. The summed E-state index contributed by atoms with van der Waals surface area (Å²) in [4.78, 5) is 37.3. The Morgan fingerprint density at radius 3 is 2.62 bits per heavy atom. The number of benzene rings is 2. The highest BCUT2D eigenvalue weighted by atomic mass is 35.5. The molecule has 0 radical (unpaired) electrons. The zero-order valence-electron chi connectivity index (χ0n) is 14.4. The van der Waals surface area contributed by atoms with E-state index in [4.69, 9.17) is 16.3 Å². The number of Topliss-reactive ketones (excluding diaryl/α,β-unsaturated/α-hetero) is 1. The maximum absolute atomic E-state index is 12.4. The average molecular weight is 375 g/mol. The molecule has 2 aromatic rings. The number of para-hydroxylation sites is 2. The maximum atomic E-state index is 12.4. The Morgan fingerprint density at radius 1 is 1.23 bits per heavy atom. The molecule has 0 aromatic heterocycles. The molecule has 0 aliphatic rings. The van der Waals surface area contributed by atoms with Gasteiger partial charge in [0.1, 0.15) is 11.8 Å². The smallest absolute Gasteiger partial charge is 0.289 e. The van der Waals surface area contributed by atoms with Crippen molar-refractivity contribution < 1.29 is 19.1 Å². The van der Waals surface area contributed by atoms with Crippen LogP contribution in [0.5, 0.6) is 5.75 Å². The number of ether oxygens (including phenoxy) is 1. The van der Waals surface area contributed by atoms with Crippen LogP contribution in [0.2, 0.25) is 5.02 Å². The molecule has 0 bridgehead atoms. The third kappa shape index (κ3) is 4.61. The summed E-state index contributed by atoms with van der Waals surface area (Å²) in [7, 11) is 1.46. The van der Waals surface area contributed by atoms with Gasteiger partial charge in [0.2, 0.25) is 12.2 Å². The molecule has 7 heteroatoms. The van der Waals surface area contributed by atoms with Crippen LogP contribution in [0.4, 0.5) is 5.69 Å². The van der Waals surface area contributed by atoms with E-state index >= 15 is 0 Å². The van der Waals surface area contributed by atoms with Gasteiger partial charge in [-0.2, -0.15) is 0 Å². The molecule has 1 atom stereocenters. The van der Waals surface area contributed by atoms with Crippen molar-refractivity contribution in [1.82, 2.24) is 5.32 Å². The Balaban J connectivity index is 2.08. The molecule has 0 saturated carbocycles. The van der Waals surface area contributed by atoms with E-state index < -0.39 is 17.7 Å². The number of methoxy groups -OCH3 is 1. The molecule has 0 spiro atoms. The number of nitrogens with one attached hydrogen (secondary N) is 1. The number of carbonyl (C=O) groups excluding carboxylic acids is 3. The van der Waals surface area contributed by atoms with Crippen LogP contribution in [-0.4, -0.2) is 31.3 Å². The number of ketones is 1. The van der Waals surface area contributed by atoms with Gasteiger partial charge >= 0.3 is 0 Å². The van der Waals surface area contributed by atoms with Gasteiger partial charge in [-0.05, 0) is 36.8 Å². The third-order valence-electron chi connectivity index (χ3n) is 3.84. The van der Waals surface area contributed by atoms with E-state index in [9.17, 15) is 14.4 Å². The van der Waals surface area contributed by atoms with Gasteiger partial charge in [-0.1, -0.05) is 35.9 Å². The zero-order valence-corrected chi connectivity index (χ0v) is 15.2. The highest BCUT2D eigenvalue weighted by Gasteiger charge is 2.28. The van der Waals surface area contributed by atoms with Crippen LogP contribution in [0.1, 0.15) is 12.5 Å². The van der Waals surface area contributed by atoms with Crippen molar-refractivity contribution in [2.45, 2.75) is 19.5 Å². The predicted octanol–water partition coefficient (Wildman–Crippen LogP) is 2.59. The van der Waals surface area contributed by atoms with Gasteiger partial charge in [-0.15, -0.1) is 0 Å². The molecule has 2 aromatic carbocycles. The van der Waals surface area contributed by atoms with Gasteiger partial charge < -0.3 is 15.0 Å². The first-order valence-corrected chi connectivity index (χ1v) is 8.29. The number of halogens is 1. The first-order chi connectivity index (χ1) is 12.5. The molecule has 26 heavy (non-hydrogen) atoms. The van der Waals surface area contributed by atoms with Gasteiger partial charge in [-0.25, -0.2) is 0 Å². The fourth-order valence-electron chi connectivity index (χ4n) is 2.43. The van der Waals surface area contributed by atoms with Crippen molar-refractivity contribution in [1.29, 1.82) is 0 Å². The van der Waals surface area contributed by atoms with Crippen molar-refractivity contribution in [3.05, 3.63) is 59.1 Å². The standard InChI is InChI=1S/C19H19ClN2O4/c1-13(22(12-23)16-8-3-4-9-17(16)26-2)18(24)19(25)21-11-14-6-5-7-15(20)10-14/h3-10,12-13H,11H2,1-2H3,(H,21,25). The number of hydrogen-bond acceptors (Lipinski definition) is 4. The third-order valence-corrected chi connectivity index (χ3v) is 4.07. The Hall–Kier alpha value is -2.86. The lowest BCUT2D eigenvalue weighted by Crippen LogP contribution is -2.45. The van der Waals surface area contributed by atoms with Crippen molar-refractivity contribution in [3.8, 4) is 5.75 Å². The summed E-state index contributed by atoms with van der Waals surface area (Å²) < 4.78 is 5.21. The van der Waals surface area contributed by atoms with Gasteiger partial charge in [0.15, 0.2) is 0 Å². The fraction of sp³-hybridized carbons (Fsp3) is 0.211. The predicted molar refractivity (Wildman–Crippen MR) is 99.3 cm³/mol. The highest BCUT2D eigenvalue weighted by Crippen LogP contribution is 2.28. The summed E-state index contributed by atoms with van der Waals surface area (Å²) in [5.74, 6) is -1.08. The summed E-state index contributed by atoms with van der Waals surface area (Å²) in [6, 6.07) is 12.7. The molecule has 0 aliphatic carbocycles. The SMILES string of the molecule is COc1ccccc1N(C=O)C(C)C(=O)C(=O)NCc1cccc(Cl)c1. The molecule has 0 aliphatic heterocycles. The number of anilines is 1. The topological polar surface area (TPSA) is 75.7 Å². The zero-order chi connectivity index (χ0) is 19.1. The average Bonchev–Trinajstić information content (AvgIpc) is 2.66. The van der Waals surface area contributed by atoms with E-state index in [1.807, 2.05) is 0 Å². The molecular formula is C19H19ClN2O4. The molecule has 2 amide bonds. The summed E-state index contributed by atoms with van der Waals surface area (Å²) in [5.41, 5.74) is 1.18. The van der Waals surface area contributed by atoms with Crippen molar-refractivity contribution in [3.63, 3.8) is 0 Å². The summed E-state index contributed by atoms with van der Waals surface area (Å²) in [5, 5.41) is 3.09. The van der Waals surface area contributed by atoms with E-state index in [1.54, 1.807) is 48.5 Å². The van der Waals surface area contributed by atoms with Crippen molar-refractivity contribution in [2.24, 2.45) is 0 Å². The van der Waals surface area contributed by atoms with Crippen LogP contribution in [0.25, 0.3) is 0 Å². The Kier molecular flexibility index (Phi) is 6.74. The van der Waals surface area contributed by atoms with Crippen LogP contribution in [0, 0.1) is 0 Å². The second kappa shape index (κ2) is 9.01. The fourth-order valence-corrected chi connectivity index (χ4v) is 2.65. The van der Waals surface area contributed by atoms with E-state index in [0.29, 0.717) is 22.9 Å². The number of amides is 2. The molecule has 0 fully saturated rings. The number of nitrogens with zero attached hydrogens (tertiary/aromatic N) is 1. The second-order valence-electron chi connectivity index (χ2n) is 5.54. The maximum Gasteiger partial charge on any atom is 0.289 e. The van der Waals surface area contributed by atoms with E-state index in [2.05, 4.69) is 5.32 Å². The lowest BCUT2D eigenvalue weighted by Gasteiger charge is -2.25. The molecule has 6 nitrogen and oxygen atoms in total. The summed E-state index contributed by atoms with van der Waals surface area (Å²) >= 11 is 5.89. The molecule has 2 rings (SSSR count). The Labute approximate surface area is 156 Å². The first-order valence-electron chi connectivity index (χ1n) is 7.91.